The van der Waals surface area contributed by atoms with Crippen molar-refractivity contribution in [2.45, 2.75) is 13.3 Å². The molecule has 0 fully saturated rings. The smallest absolute Gasteiger partial charge is 0.228 e. The maximum atomic E-state index is 12.0. The van der Waals surface area contributed by atoms with Gasteiger partial charge >= 0.3 is 0 Å². The number of halogens is 2. The zero-order chi connectivity index (χ0) is 15.2. The average molecular weight is 324 g/mol. The predicted octanol–water partition coefficient (Wildman–Crippen LogP) is 4.57. The van der Waals surface area contributed by atoms with Crippen LogP contribution in [0.15, 0.2) is 42.5 Å². The Bertz CT molecular complexity index is 627. The first-order valence-electron chi connectivity index (χ1n) is 6.55. The number of amides is 1. The Labute approximate surface area is 133 Å². The van der Waals surface area contributed by atoms with E-state index in [4.69, 9.17) is 27.9 Å². The molecule has 3 nitrogen and oxygen atoms in total. The molecule has 2 aromatic rings. The topological polar surface area (TPSA) is 38.3 Å². The Morgan fingerprint density at radius 3 is 2.52 bits per heavy atom. The summed E-state index contributed by atoms with van der Waals surface area (Å²) in [6.07, 6.45) is 0.259. The molecule has 0 heterocycles. The van der Waals surface area contributed by atoms with Crippen molar-refractivity contribution < 1.29 is 9.53 Å². The first kappa shape index (κ1) is 15.7. The Balaban J connectivity index is 1.99. The summed E-state index contributed by atoms with van der Waals surface area (Å²) < 4.78 is 5.36. The lowest BCUT2D eigenvalue weighted by molar-refractivity contribution is -0.115. The van der Waals surface area contributed by atoms with E-state index in [0.717, 1.165) is 11.3 Å². The van der Waals surface area contributed by atoms with Crippen LogP contribution in [0.3, 0.4) is 0 Å². The highest BCUT2D eigenvalue weighted by atomic mass is 35.5. The second-order valence-electron chi connectivity index (χ2n) is 4.40. The van der Waals surface area contributed by atoms with E-state index in [9.17, 15) is 4.79 Å². The summed E-state index contributed by atoms with van der Waals surface area (Å²) in [6.45, 7) is 2.54. The Kier molecular flexibility index (Phi) is 5.48. The van der Waals surface area contributed by atoms with Crippen LogP contribution in [0.2, 0.25) is 10.0 Å². The van der Waals surface area contributed by atoms with Crippen molar-refractivity contribution in [2.24, 2.45) is 0 Å². The van der Waals surface area contributed by atoms with Crippen molar-refractivity contribution in [2.75, 3.05) is 11.9 Å². The third-order valence-corrected chi connectivity index (χ3v) is 3.64. The van der Waals surface area contributed by atoms with Gasteiger partial charge in [-0.3, -0.25) is 4.79 Å². The zero-order valence-corrected chi connectivity index (χ0v) is 13.0. The van der Waals surface area contributed by atoms with E-state index in [1.807, 2.05) is 31.2 Å². The van der Waals surface area contributed by atoms with Gasteiger partial charge in [0.1, 0.15) is 5.75 Å². The molecule has 2 rings (SSSR count). The molecule has 0 saturated carbocycles. The van der Waals surface area contributed by atoms with Gasteiger partial charge in [-0.05, 0) is 36.8 Å². The van der Waals surface area contributed by atoms with Gasteiger partial charge in [0.25, 0.3) is 0 Å². The van der Waals surface area contributed by atoms with E-state index < -0.39 is 0 Å². The van der Waals surface area contributed by atoms with Crippen molar-refractivity contribution in [3.8, 4) is 5.75 Å². The van der Waals surface area contributed by atoms with Crippen LogP contribution < -0.4 is 10.1 Å². The van der Waals surface area contributed by atoms with Crippen LogP contribution >= 0.6 is 23.2 Å². The Hall–Kier alpha value is -1.71. The minimum absolute atomic E-state index is 0.150. The summed E-state index contributed by atoms with van der Waals surface area (Å²) >= 11 is 11.9. The first-order valence-corrected chi connectivity index (χ1v) is 7.31. The summed E-state index contributed by atoms with van der Waals surface area (Å²) in [4.78, 5) is 12.0. The summed E-state index contributed by atoms with van der Waals surface area (Å²) in [7, 11) is 0. The standard InChI is InChI=1S/C16H15Cl2NO2/c1-2-21-12-8-6-11(7-9-12)10-15(20)19-14-5-3-4-13(17)16(14)18/h3-9H,2,10H2,1H3,(H,19,20). The minimum Gasteiger partial charge on any atom is -0.494 e. The lowest BCUT2D eigenvalue weighted by atomic mass is 10.1. The molecule has 0 spiro atoms. The molecule has 0 aliphatic rings. The van der Waals surface area contributed by atoms with Gasteiger partial charge in [0, 0.05) is 0 Å². The van der Waals surface area contributed by atoms with Gasteiger partial charge in [0.2, 0.25) is 5.91 Å². The van der Waals surface area contributed by atoms with Crippen LogP contribution in [0.25, 0.3) is 0 Å². The van der Waals surface area contributed by atoms with Crippen molar-refractivity contribution in [3.63, 3.8) is 0 Å². The Morgan fingerprint density at radius 1 is 1.14 bits per heavy atom. The fraction of sp³-hybridized carbons (Fsp3) is 0.188. The molecule has 0 bridgehead atoms. The summed E-state index contributed by atoms with van der Waals surface area (Å²) in [6, 6.07) is 12.5. The number of ether oxygens (including phenoxy) is 1. The van der Waals surface area contributed by atoms with Gasteiger partial charge in [-0.1, -0.05) is 41.4 Å². The van der Waals surface area contributed by atoms with Crippen LogP contribution in [0.5, 0.6) is 5.75 Å². The van der Waals surface area contributed by atoms with Gasteiger partial charge in [-0.15, -0.1) is 0 Å². The average Bonchev–Trinajstić information content (AvgIpc) is 2.46. The molecule has 0 aromatic heterocycles. The lowest BCUT2D eigenvalue weighted by Gasteiger charge is -2.09. The number of carbonyl (C=O) groups is 1. The van der Waals surface area contributed by atoms with Gasteiger partial charge < -0.3 is 10.1 Å². The van der Waals surface area contributed by atoms with Crippen LogP contribution in [-0.4, -0.2) is 12.5 Å². The fourth-order valence-corrected chi connectivity index (χ4v) is 2.20. The molecule has 0 radical (unpaired) electrons. The molecular formula is C16H15Cl2NO2. The number of hydrogen-bond donors (Lipinski definition) is 1. The fourth-order valence-electron chi connectivity index (χ4n) is 1.85. The van der Waals surface area contributed by atoms with E-state index in [-0.39, 0.29) is 12.3 Å². The van der Waals surface area contributed by atoms with Crippen molar-refractivity contribution in [1.29, 1.82) is 0 Å². The highest BCUT2D eigenvalue weighted by Crippen LogP contribution is 2.29. The van der Waals surface area contributed by atoms with Crippen molar-refractivity contribution in [1.82, 2.24) is 0 Å². The third-order valence-electron chi connectivity index (χ3n) is 2.82. The Morgan fingerprint density at radius 2 is 1.86 bits per heavy atom. The third kappa shape index (κ3) is 4.38. The molecule has 0 saturated heterocycles. The van der Waals surface area contributed by atoms with Crippen molar-refractivity contribution in [3.05, 3.63) is 58.1 Å². The van der Waals surface area contributed by atoms with Crippen LogP contribution in [-0.2, 0) is 11.2 Å². The highest BCUT2D eigenvalue weighted by Gasteiger charge is 2.09. The number of nitrogens with one attached hydrogen (secondary N) is 1. The van der Waals surface area contributed by atoms with Gasteiger partial charge in [0.05, 0.1) is 28.8 Å². The van der Waals surface area contributed by atoms with Crippen LogP contribution in [0.4, 0.5) is 5.69 Å². The molecule has 0 aliphatic heterocycles. The number of hydrogen-bond acceptors (Lipinski definition) is 2. The van der Waals surface area contributed by atoms with Crippen LogP contribution in [0, 0.1) is 0 Å². The largest absolute Gasteiger partial charge is 0.494 e. The number of carbonyl (C=O) groups excluding carboxylic acids is 1. The second kappa shape index (κ2) is 7.34. The molecule has 21 heavy (non-hydrogen) atoms. The van der Waals surface area contributed by atoms with E-state index >= 15 is 0 Å². The molecule has 0 atom stereocenters. The molecule has 1 amide bonds. The molecule has 5 heteroatoms. The normalized spacial score (nSPS) is 10.2. The summed E-state index contributed by atoms with van der Waals surface area (Å²) in [5, 5.41) is 3.51. The van der Waals surface area contributed by atoms with E-state index in [1.54, 1.807) is 18.2 Å². The molecular weight excluding hydrogens is 309 g/mol. The maximum absolute atomic E-state index is 12.0. The highest BCUT2D eigenvalue weighted by molar-refractivity contribution is 6.43. The second-order valence-corrected chi connectivity index (χ2v) is 5.19. The summed E-state index contributed by atoms with van der Waals surface area (Å²) in [5.74, 6) is 0.642. The SMILES string of the molecule is CCOc1ccc(CC(=O)Nc2cccc(Cl)c2Cl)cc1. The molecule has 0 aliphatic carbocycles. The monoisotopic (exact) mass is 323 g/mol. The number of rotatable bonds is 5. The van der Waals surface area contributed by atoms with Crippen molar-refractivity contribution >= 4 is 34.8 Å². The van der Waals surface area contributed by atoms with Gasteiger partial charge in [-0.2, -0.15) is 0 Å². The van der Waals surface area contributed by atoms with E-state index in [1.165, 1.54) is 0 Å². The quantitative estimate of drug-likeness (QED) is 0.875. The van der Waals surface area contributed by atoms with E-state index in [0.29, 0.717) is 22.3 Å². The first-order chi connectivity index (χ1) is 10.1. The predicted molar refractivity (Wildman–Crippen MR) is 86.4 cm³/mol. The zero-order valence-electron chi connectivity index (χ0n) is 11.5. The summed E-state index contributed by atoms with van der Waals surface area (Å²) in [5.41, 5.74) is 1.41. The van der Waals surface area contributed by atoms with E-state index in [2.05, 4.69) is 5.32 Å². The number of benzene rings is 2. The van der Waals surface area contributed by atoms with Gasteiger partial charge in [-0.25, -0.2) is 0 Å². The molecule has 110 valence electrons. The maximum Gasteiger partial charge on any atom is 0.228 e. The molecule has 0 unspecified atom stereocenters. The number of anilines is 1. The minimum atomic E-state index is -0.150. The van der Waals surface area contributed by atoms with Gasteiger partial charge in [0.15, 0.2) is 0 Å². The molecule has 2 aromatic carbocycles. The lowest BCUT2D eigenvalue weighted by Crippen LogP contribution is -2.14. The van der Waals surface area contributed by atoms with Crippen LogP contribution in [0.1, 0.15) is 12.5 Å². The molecule has 1 N–H and O–H groups in total.